The van der Waals surface area contributed by atoms with Gasteiger partial charge in [0.25, 0.3) is 0 Å². The number of benzene rings is 4. The van der Waals surface area contributed by atoms with Gasteiger partial charge in [0.05, 0.1) is 12.0 Å². The summed E-state index contributed by atoms with van der Waals surface area (Å²) >= 11 is 0. The van der Waals surface area contributed by atoms with E-state index in [-0.39, 0.29) is 19.1 Å². The molecule has 2 atom stereocenters. The Kier molecular flexibility index (Phi) is 9.20. The van der Waals surface area contributed by atoms with Crippen molar-refractivity contribution in [1.82, 2.24) is 10.2 Å². The Morgan fingerprint density at radius 1 is 0.791 bits per heavy atom. The number of nitrogens with one attached hydrogen (secondary N) is 1. The number of imide groups is 1. The van der Waals surface area contributed by atoms with E-state index >= 15 is 0 Å². The van der Waals surface area contributed by atoms with Crippen LogP contribution in [0.1, 0.15) is 36.1 Å². The number of rotatable bonds is 10. The van der Waals surface area contributed by atoms with Crippen molar-refractivity contribution in [2.45, 2.75) is 38.5 Å². The van der Waals surface area contributed by atoms with Crippen LogP contribution >= 0.6 is 0 Å². The summed E-state index contributed by atoms with van der Waals surface area (Å²) in [7, 11) is 0. The highest BCUT2D eigenvalue weighted by atomic mass is 16.6. The van der Waals surface area contributed by atoms with Gasteiger partial charge in [-0.2, -0.15) is 0 Å². The van der Waals surface area contributed by atoms with Crippen LogP contribution in [-0.2, 0) is 32.9 Å². The largest absolute Gasteiger partial charge is 0.445 e. The molecule has 0 saturated carbocycles. The van der Waals surface area contributed by atoms with Crippen LogP contribution in [0.25, 0.3) is 0 Å². The Morgan fingerprint density at radius 3 is 1.79 bits per heavy atom. The summed E-state index contributed by atoms with van der Waals surface area (Å²) in [6.45, 7) is 4.06. The lowest BCUT2D eigenvalue weighted by Gasteiger charge is -2.38. The zero-order valence-electron chi connectivity index (χ0n) is 24.4. The van der Waals surface area contributed by atoms with Crippen molar-refractivity contribution in [1.29, 1.82) is 0 Å². The van der Waals surface area contributed by atoms with Crippen molar-refractivity contribution in [3.8, 4) is 0 Å². The maximum absolute atomic E-state index is 14.5. The van der Waals surface area contributed by atoms with Crippen molar-refractivity contribution < 1.29 is 23.9 Å². The van der Waals surface area contributed by atoms with E-state index in [4.69, 9.17) is 9.47 Å². The van der Waals surface area contributed by atoms with Gasteiger partial charge in [-0.1, -0.05) is 135 Å². The van der Waals surface area contributed by atoms with Crippen LogP contribution in [0.5, 0.6) is 0 Å². The minimum absolute atomic E-state index is 0.0143. The average molecular weight is 577 g/mol. The number of amides is 3. The third kappa shape index (κ3) is 6.46. The van der Waals surface area contributed by atoms with E-state index in [2.05, 4.69) is 5.32 Å². The molecule has 4 aromatic rings. The molecule has 1 saturated heterocycles. The van der Waals surface area contributed by atoms with Crippen LogP contribution < -0.4 is 5.32 Å². The molecule has 0 aromatic heterocycles. The Bertz CT molecular complexity index is 1470. The first-order chi connectivity index (χ1) is 20.9. The summed E-state index contributed by atoms with van der Waals surface area (Å²) in [6, 6.07) is 37.4. The molecule has 5 rings (SSSR count). The molecule has 43 heavy (non-hydrogen) atoms. The highest BCUT2D eigenvalue weighted by molar-refractivity contribution is 5.96. The fraction of sp³-hybridized carbons (Fsp3) is 0.250. The molecule has 0 radical (unpaired) electrons. The first-order valence-corrected chi connectivity index (χ1v) is 14.6. The van der Waals surface area contributed by atoms with E-state index in [1.807, 2.05) is 135 Å². The normalized spacial score (nSPS) is 16.4. The third-order valence-electron chi connectivity index (χ3n) is 7.79. The van der Waals surface area contributed by atoms with Crippen LogP contribution in [0.4, 0.5) is 9.59 Å². The number of nitrogens with zero attached hydrogens (tertiary/aromatic N) is 1. The zero-order valence-corrected chi connectivity index (χ0v) is 24.4. The van der Waals surface area contributed by atoms with Gasteiger partial charge in [0.1, 0.15) is 6.61 Å². The van der Waals surface area contributed by atoms with Crippen LogP contribution in [0.3, 0.4) is 0 Å². The molecule has 7 heteroatoms. The van der Waals surface area contributed by atoms with Crippen LogP contribution in [0.15, 0.2) is 121 Å². The maximum atomic E-state index is 14.5. The summed E-state index contributed by atoms with van der Waals surface area (Å²) in [5.74, 6) is -1.32. The lowest BCUT2D eigenvalue weighted by molar-refractivity contribution is -0.134. The second kappa shape index (κ2) is 13.4. The summed E-state index contributed by atoms with van der Waals surface area (Å²) < 4.78 is 11.7. The summed E-state index contributed by atoms with van der Waals surface area (Å²) in [6.07, 6.45) is -1.03. The molecule has 0 aliphatic carbocycles. The smallest absolute Gasteiger partial charge is 0.418 e. The first kappa shape index (κ1) is 29.6. The summed E-state index contributed by atoms with van der Waals surface area (Å²) in [5.41, 5.74) is 2.12. The molecule has 0 bridgehead atoms. The second-order valence-electron chi connectivity index (χ2n) is 11.1. The highest BCUT2D eigenvalue weighted by Gasteiger charge is 2.59. The number of cyclic esters (lactones) is 1. The SMILES string of the molecule is CC(C)[C@H]1N(C(=O)[C@H](CNC(=O)OCc2ccccc2)Cc2ccccc2)C(=O)OC1(c1ccccc1)c1ccccc1. The lowest BCUT2D eigenvalue weighted by atomic mass is 9.75. The van der Waals surface area contributed by atoms with Crippen molar-refractivity contribution in [3.05, 3.63) is 144 Å². The van der Waals surface area contributed by atoms with E-state index in [1.54, 1.807) is 0 Å². The molecule has 7 nitrogen and oxygen atoms in total. The van der Waals surface area contributed by atoms with Crippen molar-refractivity contribution >= 4 is 18.1 Å². The number of carbonyl (C=O) groups is 3. The van der Waals surface area contributed by atoms with Gasteiger partial charge in [0.15, 0.2) is 5.60 Å². The number of hydrogen-bond donors (Lipinski definition) is 1. The van der Waals surface area contributed by atoms with Crippen molar-refractivity contribution in [2.75, 3.05) is 6.54 Å². The Labute approximate surface area is 252 Å². The monoisotopic (exact) mass is 576 g/mol. The minimum Gasteiger partial charge on any atom is -0.445 e. The average Bonchev–Trinajstić information content (AvgIpc) is 3.37. The van der Waals surface area contributed by atoms with E-state index in [9.17, 15) is 14.4 Å². The van der Waals surface area contributed by atoms with E-state index < -0.39 is 35.7 Å². The Hall–Kier alpha value is -4.91. The van der Waals surface area contributed by atoms with Gasteiger partial charge in [-0.15, -0.1) is 0 Å². The van der Waals surface area contributed by atoms with E-state index in [1.165, 1.54) is 4.90 Å². The molecule has 1 fully saturated rings. The van der Waals surface area contributed by atoms with E-state index in [0.29, 0.717) is 6.42 Å². The molecule has 220 valence electrons. The maximum Gasteiger partial charge on any atom is 0.418 e. The van der Waals surface area contributed by atoms with Crippen LogP contribution in [0.2, 0.25) is 0 Å². The molecule has 3 amide bonds. The fourth-order valence-electron chi connectivity index (χ4n) is 5.86. The number of carbonyl (C=O) groups excluding carboxylic acids is 3. The molecule has 0 spiro atoms. The number of alkyl carbamates (subject to hydrolysis) is 1. The molecular formula is C36H36N2O5. The van der Waals surface area contributed by atoms with Gasteiger partial charge in [-0.05, 0) is 23.5 Å². The Balaban J connectivity index is 1.45. The molecule has 1 heterocycles. The molecular weight excluding hydrogens is 540 g/mol. The lowest BCUT2D eigenvalue weighted by Crippen LogP contribution is -2.52. The van der Waals surface area contributed by atoms with Gasteiger partial charge in [0, 0.05) is 17.7 Å². The molecule has 1 N–H and O–H groups in total. The number of ether oxygens (including phenoxy) is 2. The molecule has 0 unspecified atom stereocenters. The van der Waals surface area contributed by atoms with Gasteiger partial charge in [-0.25, -0.2) is 14.5 Å². The predicted molar refractivity (Wildman–Crippen MR) is 164 cm³/mol. The summed E-state index contributed by atoms with van der Waals surface area (Å²) in [5, 5.41) is 2.76. The highest BCUT2D eigenvalue weighted by Crippen LogP contribution is 2.47. The predicted octanol–water partition coefficient (Wildman–Crippen LogP) is 6.72. The van der Waals surface area contributed by atoms with Gasteiger partial charge < -0.3 is 14.8 Å². The van der Waals surface area contributed by atoms with Crippen molar-refractivity contribution in [2.24, 2.45) is 11.8 Å². The quantitative estimate of drug-likeness (QED) is 0.227. The van der Waals surface area contributed by atoms with Crippen LogP contribution in [0, 0.1) is 11.8 Å². The van der Waals surface area contributed by atoms with Gasteiger partial charge >= 0.3 is 12.2 Å². The molecule has 1 aliphatic rings. The fourth-order valence-corrected chi connectivity index (χ4v) is 5.86. The topological polar surface area (TPSA) is 84.9 Å². The van der Waals surface area contributed by atoms with Gasteiger partial charge in [-0.3, -0.25) is 4.79 Å². The standard InChI is InChI=1S/C36H36N2O5/c1-26(2)32-36(30-19-11-5-12-20-30,31-21-13-6-14-22-31)43-35(41)38(32)33(39)29(23-27-15-7-3-8-16-27)24-37-34(40)42-25-28-17-9-4-10-18-28/h3-22,26,29,32H,23-25H2,1-2H3,(H,37,40)/t29-,32+/m0/s1. The second-order valence-corrected chi connectivity index (χ2v) is 11.1. The van der Waals surface area contributed by atoms with Crippen molar-refractivity contribution in [3.63, 3.8) is 0 Å². The molecule has 1 aliphatic heterocycles. The van der Waals surface area contributed by atoms with Gasteiger partial charge in [0.2, 0.25) is 5.91 Å². The first-order valence-electron chi connectivity index (χ1n) is 14.6. The zero-order chi connectivity index (χ0) is 30.2. The summed E-state index contributed by atoms with van der Waals surface area (Å²) in [4.78, 5) is 42.2. The number of hydrogen-bond acceptors (Lipinski definition) is 5. The van der Waals surface area contributed by atoms with Crippen LogP contribution in [-0.4, -0.2) is 35.6 Å². The minimum atomic E-state index is -1.21. The molecule has 4 aromatic carbocycles. The Morgan fingerprint density at radius 2 is 1.28 bits per heavy atom. The van der Waals surface area contributed by atoms with E-state index in [0.717, 1.165) is 22.3 Å². The third-order valence-corrected chi connectivity index (χ3v) is 7.79.